The summed E-state index contributed by atoms with van der Waals surface area (Å²) in [6.45, 7) is 8.99. The van der Waals surface area contributed by atoms with Gasteiger partial charge in [-0.1, -0.05) is 46.3 Å². The Morgan fingerprint density at radius 1 is 1.20 bits per heavy atom. The molecule has 0 bridgehead atoms. The zero-order chi connectivity index (χ0) is 7.98. The standard InChI is InChI=1S/C10H20/c1-5-10(4)8-6-7-9(2)3/h6,8-10H,5,7H2,1-4H3. The van der Waals surface area contributed by atoms with Gasteiger partial charge in [0.05, 0.1) is 0 Å². The minimum absolute atomic E-state index is 0.763. The number of hydrogen-bond donors (Lipinski definition) is 0. The quantitative estimate of drug-likeness (QED) is 0.523. The van der Waals surface area contributed by atoms with E-state index in [0.29, 0.717) is 0 Å². The third-order valence-electron chi connectivity index (χ3n) is 1.72. The Morgan fingerprint density at radius 2 is 1.80 bits per heavy atom. The van der Waals surface area contributed by atoms with Crippen LogP contribution in [0.1, 0.15) is 40.5 Å². The highest BCUT2D eigenvalue weighted by Gasteiger charge is 1.91. The molecule has 0 fully saturated rings. The van der Waals surface area contributed by atoms with Crippen molar-refractivity contribution in [3.8, 4) is 0 Å². The normalized spacial score (nSPS) is 14.9. The van der Waals surface area contributed by atoms with Crippen molar-refractivity contribution >= 4 is 0 Å². The summed E-state index contributed by atoms with van der Waals surface area (Å²) >= 11 is 0. The molecule has 0 aromatic heterocycles. The predicted octanol–water partition coefficient (Wildman–Crippen LogP) is 3.63. The van der Waals surface area contributed by atoms with Gasteiger partial charge in [-0.2, -0.15) is 0 Å². The van der Waals surface area contributed by atoms with Crippen LogP contribution in [0.2, 0.25) is 0 Å². The Hall–Kier alpha value is -0.260. The minimum Gasteiger partial charge on any atom is -0.0880 e. The van der Waals surface area contributed by atoms with Gasteiger partial charge in [0.25, 0.3) is 0 Å². The molecule has 0 aromatic carbocycles. The topological polar surface area (TPSA) is 0 Å². The summed E-state index contributed by atoms with van der Waals surface area (Å²) in [4.78, 5) is 0. The molecule has 60 valence electrons. The third-order valence-corrected chi connectivity index (χ3v) is 1.72. The van der Waals surface area contributed by atoms with Crippen molar-refractivity contribution in [2.45, 2.75) is 40.5 Å². The largest absolute Gasteiger partial charge is 0.0880 e. The van der Waals surface area contributed by atoms with E-state index in [4.69, 9.17) is 0 Å². The molecule has 1 atom stereocenters. The van der Waals surface area contributed by atoms with Crippen LogP contribution in [-0.4, -0.2) is 0 Å². The smallest absolute Gasteiger partial charge is 0.0265 e. The molecule has 0 amide bonds. The molecule has 10 heavy (non-hydrogen) atoms. The fourth-order valence-electron chi connectivity index (χ4n) is 0.719. The Bertz CT molecular complexity index is 90.2. The molecule has 0 aliphatic rings. The highest BCUT2D eigenvalue weighted by molar-refractivity contribution is 4.86. The van der Waals surface area contributed by atoms with E-state index in [0.717, 1.165) is 11.8 Å². The fraction of sp³-hybridized carbons (Fsp3) is 0.800. The molecule has 0 heteroatoms. The van der Waals surface area contributed by atoms with Gasteiger partial charge in [-0.25, -0.2) is 0 Å². The second-order valence-corrected chi connectivity index (χ2v) is 3.44. The Balaban J connectivity index is 3.36. The molecule has 0 spiro atoms. The summed E-state index contributed by atoms with van der Waals surface area (Å²) in [5.74, 6) is 1.57. The Kier molecular flexibility index (Phi) is 5.38. The van der Waals surface area contributed by atoms with Crippen LogP contribution in [0.15, 0.2) is 12.2 Å². The maximum Gasteiger partial charge on any atom is -0.0265 e. The van der Waals surface area contributed by atoms with Crippen LogP contribution in [-0.2, 0) is 0 Å². The molecule has 0 rings (SSSR count). The molecule has 0 saturated heterocycles. The Labute approximate surface area is 65.3 Å². The van der Waals surface area contributed by atoms with E-state index < -0.39 is 0 Å². The van der Waals surface area contributed by atoms with Gasteiger partial charge >= 0.3 is 0 Å². The van der Waals surface area contributed by atoms with Gasteiger partial charge in [-0.05, 0) is 18.3 Å². The second-order valence-electron chi connectivity index (χ2n) is 3.44. The van der Waals surface area contributed by atoms with Crippen LogP contribution >= 0.6 is 0 Å². The van der Waals surface area contributed by atoms with Gasteiger partial charge in [0, 0.05) is 0 Å². The van der Waals surface area contributed by atoms with Gasteiger partial charge in [0.1, 0.15) is 0 Å². The van der Waals surface area contributed by atoms with Crippen molar-refractivity contribution in [1.82, 2.24) is 0 Å². The van der Waals surface area contributed by atoms with E-state index in [9.17, 15) is 0 Å². The van der Waals surface area contributed by atoms with E-state index in [1.165, 1.54) is 12.8 Å². The average Bonchev–Trinajstić information content (AvgIpc) is 1.87. The first-order valence-electron chi connectivity index (χ1n) is 4.33. The zero-order valence-corrected chi connectivity index (χ0v) is 7.72. The van der Waals surface area contributed by atoms with Gasteiger partial charge in [0.2, 0.25) is 0 Å². The van der Waals surface area contributed by atoms with Crippen molar-refractivity contribution in [2.24, 2.45) is 11.8 Å². The first-order valence-corrected chi connectivity index (χ1v) is 4.33. The molecule has 0 aliphatic carbocycles. The summed E-state index contributed by atoms with van der Waals surface area (Å²) in [5.41, 5.74) is 0. The highest BCUT2D eigenvalue weighted by Crippen LogP contribution is 2.05. The summed E-state index contributed by atoms with van der Waals surface area (Å²) in [6, 6.07) is 0. The second kappa shape index (κ2) is 5.52. The number of hydrogen-bond acceptors (Lipinski definition) is 0. The Morgan fingerprint density at radius 3 is 2.20 bits per heavy atom. The van der Waals surface area contributed by atoms with Gasteiger partial charge in [-0.3, -0.25) is 0 Å². The lowest BCUT2D eigenvalue weighted by molar-refractivity contribution is 0.648. The molecule has 0 N–H and O–H groups in total. The number of allylic oxidation sites excluding steroid dienone is 2. The van der Waals surface area contributed by atoms with Crippen molar-refractivity contribution in [2.75, 3.05) is 0 Å². The SMILES string of the molecule is CCC(C)C=CCC(C)C. The van der Waals surface area contributed by atoms with E-state index in [1.807, 2.05) is 0 Å². The van der Waals surface area contributed by atoms with Crippen LogP contribution in [0.5, 0.6) is 0 Å². The van der Waals surface area contributed by atoms with Crippen LogP contribution in [0.4, 0.5) is 0 Å². The lowest BCUT2D eigenvalue weighted by Crippen LogP contribution is -1.86. The van der Waals surface area contributed by atoms with Crippen LogP contribution in [0.3, 0.4) is 0 Å². The summed E-state index contributed by atoms with van der Waals surface area (Å²) in [5, 5.41) is 0. The molecule has 0 radical (unpaired) electrons. The molecule has 0 nitrogen and oxygen atoms in total. The molecule has 1 unspecified atom stereocenters. The van der Waals surface area contributed by atoms with Crippen molar-refractivity contribution < 1.29 is 0 Å². The number of rotatable bonds is 4. The monoisotopic (exact) mass is 140 g/mol. The fourth-order valence-corrected chi connectivity index (χ4v) is 0.719. The first kappa shape index (κ1) is 9.74. The molecule has 0 aromatic rings. The third kappa shape index (κ3) is 5.87. The summed E-state index contributed by atoms with van der Waals surface area (Å²) in [7, 11) is 0. The lowest BCUT2D eigenvalue weighted by Gasteiger charge is -2.00. The zero-order valence-electron chi connectivity index (χ0n) is 7.72. The van der Waals surface area contributed by atoms with Crippen molar-refractivity contribution in [3.63, 3.8) is 0 Å². The molecule has 0 aliphatic heterocycles. The molecular weight excluding hydrogens is 120 g/mol. The van der Waals surface area contributed by atoms with Gasteiger partial charge in [-0.15, -0.1) is 0 Å². The van der Waals surface area contributed by atoms with Crippen molar-refractivity contribution in [1.29, 1.82) is 0 Å². The van der Waals surface area contributed by atoms with Crippen molar-refractivity contribution in [3.05, 3.63) is 12.2 Å². The van der Waals surface area contributed by atoms with Crippen LogP contribution in [0, 0.1) is 11.8 Å². The van der Waals surface area contributed by atoms with E-state index >= 15 is 0 Å². The lowest BCUT2D eigenvalue weighted by atomic mass is 10.1. The van der Waals surface area contributed by atoms with E-state index in [-0.39, 0.29) is 0 Å². The minimum atomic E-state index is 0.763. The van der Waals surface area contributed by atoms with E-state index in [1.54, 1.807) is 0 Å². The summed E-state index contributed by atoms with van der Waals surface area (Å²) in [6.07, 6.45) is 7.11. The van der Waals surface area contributed by atoms with Crippen LogP contribution in [0.25, 0.3) is 0 Å². The first-order chi connectivity index (χ1) is 4.66. The van der Waals surface area contributed by atoms with E-state index in [2.05, 4.69) is 39.8 Å². The molecular formula is C10H20. The maximum atomic E-state index is 2.32. The highest BCUT2D eigenvalue weighted by atomic mass is 14.0. The van der Waals surface area contributed by atoms with Crippen LogP contribution < -0.4 is 0 Å². The average molecular weight is 140 g/mol. The predicted molar refractivity (Wildman–Crippen MR) is 48.1 cm³/mol. The van der Waals surface area contributed by atoms with Gasteiger partial charge < -0.3 is 0 Å². The molecule has 0 heterocycles. The molecule has 0 saturated carbocycles. The summed E-state index contributed by atoms with van der Waals surface area (Å²) < 4.78 is 0. The van der Waals surface area contributed by atoms with Gasteiger partial charge in [0.15, 0.2) is 0 Å². The maximum absolute atomic E-state index is 2.32.